The van der Waals surface area contributed by atoms with Crippen molar-refractivity contribution in [2.24, 2.45) is 5.92 Å². The summed E-state index contributed by atoms with van der Waals surface area (Å²) in [5.74, 6) is 0.260. The Balaban J connectivity index is 1.35. The molecular formula is C22H28N4O2. The molecule has 0 bridgehead atoms. The molecule has 0 spiro atoms. The first kappa shape index (κ1) is 18.9. The molecule has 0 saturated carbocycles. The van der Waals surface area contributed by atoms with Crippen LogP contribution in [0.15, 0.2) is 48.8 Å². The third-order valence-electron chi connectivity index (χ3n) is 5.76. The van der Waals surface area contributed by atoms with Crippen molar-refractivity contribution in [3.8, 4) is 0 Å². The molecule has 148 valence electrons. The molecule has 1 aromatic heterocycles. The second-order valence-electron chi connectivity index (χ2n) is 7.77. The summed E-state index contributed by atoms with van der Waals surface area (Å²) in [4.78, 5) is 21.5. The van der Waals surface area contributed by atoms with Gasteiger partial charge in [0, 0.05) is 55.7 Å². The first-order valence-electron chi connectivity index (χ1n) is 10.00. The Morgan fingerprint density at radius 1 is 1.07 bits per heavy atom. The molecular weight excluding hydrogens is 352 g/mol. The number of anilines is 1. The first-order valence-corrected chi connectivity index (χ1v) is 10.00. The SMILES string of the molecule is CN1CCN(c2ccc(C(=O)NC3COCC3Cc3ccncc3)cc2)CC1. The number of nitrogens with zero attached hydrogens (tertiary/aromatic N) is 3. The highest BCUT2D eigenvalue weighted by Crippen LogP contribution is 2.21. The summed E-state index contributed by atoms with van der Waals surface area (Å²) < 4.78 is 5.64. The van der Waals surface area contributed by atoms with Gasteiger partial charge in [0.1, 0.15) is 0 Å². The molecule has 2 unspecified atom stereocenters. The third kappa shape index (κ3) is 4.51. The minimum absolute atomic E-state index is 0.0276. The van der Waals surface area contributed by atoms with Crippen molar-refractivity contribution in [3.05, 3.63) is 59.9 Å². The summed E-state index contributed by atoms with van der Waals surface area (Å²) >= 11 is 0. The zero-order valence-electron chi connectivity index (χ0n) is 16.4. The second kappa shape index (κ2) is 8.71. The lowest BCUT2D eigenvalue weighted by Gasteiger charge is -2.34. The number of ether oxygens (including phenoxy) is 1. The molecule has 28 heavy (non-hydrogen) atoms. The number of carbonyl (C=O) groups is 1. The zero-order chi connectivity index (χ0) is 19.3. The maximum absolute atomic E-state index is 12.7. The van der Waals surface area contributed by atoms with Gasteiger partial charge in [-0.1, -0.05) is 0 Å². The van der Waals surface area contributed by atoms with E-state index in [0.717, 1.165) is 32.6 Å². The molecule has 2 aliphatic heterocycles. The molecule has 4 rings (SSSR count). The topological polar surface area (TPSA) is 57.7 Å². The third-order valence-corrected chi connectivity index (χ3v) is 5.76. The van der Waals surface area contributed by atoms with Crippen LogP contribution in [0.5, 0.6) is 0 Å². The van der Waals surface area contributed by atoms with Crippen molar-refractivity contribution >= 4 is 11.6 Å². The Labute approximate surface area is 166 Å². The van der Waals surface area contributed by atoms with Crippen molar-refractivity contribution < 1.29 is 9.53 Å². The van der Waals surface area contributed by atoms with E-state index in [1.165, 1.54) is 11.3 Å². The molecule has 6 nitrogen and oxygen atoms in total. The van der Waals surface area contributed by atoms with Gasteiger partial charge in [-0.3, -0.25) is 9.78 Å². The lowest BCUT2D eigenvalue weighted by Crippen LogP contribution is -2.44. The standard InChI is InChI=1S/C22H28N4O2/c1-25-10-12-26(13-11-25)20-4-2-18(3-5-20)22(27)24-21-16-28-15-19(21)14-17-6-8-23-9-7-17/h2-9,19,21H,10-16H2,1H3,(H,24,27). The van der Waals surface area contributed by atoms with Crippen molar-refractivity contribution in [3.63, 3.8) is 0 Å². The monoisotopic (exact) mass is 380 g/mol. The highest BCUT2D eigenvalue weighted by Gasteiger charge is 2.30. The summed E-state index contributed by atoms with van der Waals surface area (Å²) in [7, 11) is 2.15. The normalized spacial score (nSPS) is 23.0. The highest BCUT2D eigenvalue weighted by molar-refractivity contribution is 5.94. The number of benzene rings is 1. The molecule has 3 heterocycles. The summed E-state index contributed by atoms with van der Waals surface area (Å²) in [6.45, 7) is 5.44. The molecule has 0 aliphatic carbocycles. The maximum Gasteiger partial charge on any atom is 0.251 e. The van der Waals surface area contributed by atoms with Crippen LogP contribution in [0, 0.1) is 5.92 Å². The van der Waals surface area contributed by atoms with Crippen molar-refractivity contribution in [2.45, 2.75) is 12.5 Å². The number of carbonyl (C=O) groups excluding carboxylic acids is 1. The summed E-state index contributed by atoms with van der Waals surface area (Å²) in [5.41, 5.74) is 3.11. The zero-order valence-corrected chi connectivity index (χ0v) is 16.4. The van der Waals surface area contributed by atoms with Crippen LogP contribution in [0.4, 0.5) is 5.69 Å². The average Bonchev–Trinajstić information content (AvgIpc) is 3.16. The van der Waals surface area contributed by atoms with E-state index >= 15 is 0 Å². The van der Waals surface area contributed by atoms with Gasteiger partial charge in [0.05, 0.1) is 19.3 Å². The van der Waals surface area contributed by atoms with Crippen molar-refractivity contribution in [1.82, 2.24) is 15.2 Å². The largest absolute Gasteiger partial charge is 0.379 e. The molecule has 6 heteroatoms. The van der Waals surface area contributed by atoms with Crippen LogP contribution in [-0.2, 0) is 11.2 Å². The molecule has 1 aromatic carbocycles. The Bertz CT molecular complexity index is 773. The lowest BCUT2D eigenvalue weighted by atomic mass is 9.95. The number of amides is 1. The van der Waals surface area contributed by atoms with Gasteiger partial charge in [-0.05, 0) is 55.4 Å². The van der Waals surface area contributed by atoms with Gasteiger partial charge in [0.2, 0.25) is 0 Å². The molecule has 2 saturated heterocycles. The minimum Gasteiger partial charge on any atom is -0.379 e. The number of aromatic nitrogens is 1. The van der Waals surface area contributed by atoms with Crippen molar-refractivity contribution in [1.29, 1.82) is 0 Å². The molecule has 1 amide bonds. The molecule has 2 aromatic rings. The van der Waals surface area contributed by atoms with Gasteiger partial charge in [-0.25, -0.2) is 0 Å². The van der Waals surface area contributed by atoms with Gasteiger partial charge in [-0.2, -0.15) is 0 Å². The first-order chi connectivity index (χ1) is 13.7. The number of hydrogen-bond acceptors (Lipinski definition) is 5. The predicted molar refractivity (Wildman–Crippen MR) is 110 cm³/mol. The number of pyridine rings is 1. The predicted octanol–water partition coefficient (Wildman–Crippen LogP) is 1.82. The van der Waals surface area contributed by atoms with E-state index in [9.17, 15) is 4.79 Å². The summed E-state index contributed by atoms with van der Waals surface area (Å²) in [6, 6.07) is 12.0. The fourth-order valence-corrected chi connectivity index (χ4v) is 3.92. The fourth-order valence-electron chi connectivity index (χ4n) is 3.92. The van der Waals surface area contributed by atoms with E-state index in [1.807, 2.05) is 24.3 Å². The quantitative estimate of drug-likeness (QED) is 0.858. The highest BCUT2D eigenvalue weighted by atomic mass is 16.5. The molecule has 2 aliphatic rings. The Kier molecular flexibility index (Phi) is 5.88. The van der Waals surface area contributed by atoms with Gasteiger partial charge < -0.3 is 19.9 Å². The fraction of sp³-hybridized carbons (Fsp3) is 0.455. The van der Waals surface area contributed by atoms with Crippen LogP contribution in [0.1, 0.15) is 15.9 Å². The van der Waals surface area contributed by atoms with Crippen LogP contribution in [-0.4, -0.2) is 68.3 Å². The van der Waals surface area contributed by atoms with E-state index in [-0.39, 0.29) is 17.9 Å². The van der Waals surface area contributed by atoms with Crippen LogP contribution >= 0.6 is 0 Å². The van der Waals surface area contributed by atoms with Gasteiger partial charge in [0.25, 0.3) is 5.91 Å². The van der Waals surface area contributed by atoms with E-state index in [1.54, 1.807) is 12.4 Å². The van der Waals surface area contributed by atoms with E-state index < -0.39 is 0 Å². The number of nitrogens with one attached hydrogen (secondary N) is 1. The van der Waals surface area contributed by atoms with Gasteiger partial charge in [-0.15, -0.1) is 0 Å². The molecule has 0 radical (unpaired) electrons. The number of rotatable bonds is 5. The molecule has 2 atom stereocenters. The molecule has 1 N–H and O–H groups in total. The van der Waals surface area contributed by atoms with Gasteiger partial charge >= 0.3 is 0 Å². The smallest absolute Gasteiger partial charge is 0.251 e. The van der Waals surface area contributed by atoms with Gasteiger partial charge in [0.15, 0.2) is 0 Å². The number of piperazine rings is 1. The second-order valence-corrected chi connectivity index (χ2v) is 7.77. The number of likely N-dealkylation sites (N-methyl/N-ethyl adjacent to an activating group) is 1. The van der Waals surface area contributed by atoms with Crippen LogP contribution < -0.4 is 10.2 Å². The number of hydrogen-bond donors (Lipinski definition) is 1. The van der Waals surface area contributed by atoms with Crippen LogP contribution in [0.2, 0.25) is 0 Å². The van der Waals surface area contributed by atoms with E-state index in [2.05, 4.69) is 39.3 Å². The molecule has 2 fully saturated rings. The van der Waals surface area contributed by atoms with E-state index in [4.69, 9.17) is 4.74 Å². The average molecular weight is 380 g/mol. The Morgan fingerprint density at radius 2 is 1.79 bits per heavy atom. The maximum atomic E-state index is 12.7. The van der Waals surface area contributed by atoms with Crippen molar-refractivity contribution in [2.75, 3.05) is 51.3 Å². The summed E-state index contributed by atoms with van der Waals surface area (Å²) in [5, 5.41) is 3.17. The Hall–Kier alpha value is -2.44. The van der Waals surface area contributed by atoms with E-state index in [0.29, 0.717) is 18.8 Å². The summed E-state index contributed by atoms with van der Waals surface area (Å²) in [6.07, 6.45) is 4.50. The Morgan fingerprint density at radius 3 is 2.50 bits per heavy atom. The van der Waals surface area contributed by atoms with Crippen LogP contribution in [0.25, 0.3) is 0 Å². The van der Waals surface area contributed by atoms with Crippen LogP contribution in [0.3, 0.4) is 0 Å². The minimum atomic E-state index is -0.0276. The lowest BCUT2D eigenvalue weighted by molar-refractivity contribution is 0.0925.